The SMILES string of the molecule is CCCCC(CC)CN1CC[N+](CC(CC)CCCC)=C1C(=O)[O-]. The molecule has 0 saturated carbocycles. The Bertz CT molecular complexity index is 406. The Kier molecular flexibility index (Phi) is 10.0. The van der Waals surface area contributed by atoms with Crippen LogP contribution in [0.2, 0.25) is 0 Å². The number of hydrogen-bond acceptors (Lipinski definition) is 3. The van der Waals surface area contributed by atoms with Gasteiger partial charge in [-0.15, -0.1) is 0 Å². The number of rotatable bonds is 13. The van der Waals surface area contributed by atoms with E-state index >= 15 is 0 Å². The first-order valence-electron chi connectivity index (χ1n) is 10.1. The van der Waals surface area contributed by atoms with Gasteiger partial charge >= 0.3 is 0 Å². The molecule has 0 N–H and O–H groups in total. The lowest BCUT2D eigenvalue weighted by molar-refractivity contribution is -0.526. The molecule has 0 aromatic heterocycles. The van der Waals surface area contributed by atoms with Gasteiger partial charge in [0.2, 0.25) is 0 Å². The number of hydrogen-bond donors (Lipinski definition) is 0. The van der Waals surface area contributed by atoms with E-state index in [1.807, 2.05) is 0 Å². The van der Waals surface area contributed by atoms with E-state index in [4.69, 9.17) is 0 Å². The molecule has 0 radical (unpaired) electrons. The van der Waals surface area contributed by atoms with E-state index in [1.165, 1.54) is 38.5 Å². The predicted octanol–water partition coefficient (Wildman–Crippen LogP) is 2.90. The van der Waals surface area contributed by atoms with Gasteiger partial charge in [0.25, 0.3) is 5.84 Å². The van der Waals surface area contributed by atoms with Gasteiger partial charge in [0.15, 0.2) is 5.97 Å². The Morgan fingerprint density at radius 3 is 2.17 bits per heavy atom. The first kappa shape index (κ1) is 21.0. The third kappa shape index (κ3) is 6.45. The molecule has 0 aromatic carbocycles. The average molecular weight is 339 g/mol. The van der Waals surface area contributed by atoms with E-state index in [0.29, 0.717) is 17.7 Å². The largest absolute Gasteiger partial charge is 0.538 e. The molecule has 2 unspecified atom stereocenters. The van der Waals surface area contributed by atoms with Gasteiger partial charge in [0.1, 0.15) is 13.1 Å². The molecule has 0 fully saturated rings. The molecule has 2 atom stereocenters. The van der Waals surface area contributed by atoms with Crippen molar-refractivity contribution in [1.29, 1.82) is 0 Å². The van der Waals surface area contributed by atoms with Gasteiger partial charge in [-0.05, 0) is 37.5 Å². The molecule has 4 heteroatoms. The summed E-state index contributed by atoms with van der Waals surface area (Å²) < 4.78 is 2.08. The van der Waals surface area contributed by atoms with Crippen molar-refractivity contribution in [2.24, 2.45) is 11.8 Å². The summed E-state index contributed by atoms with van der Waals surface area (Å²) in [7, 11) is 0. The van der Waals surface area contributed by atoms with E-state index < -0.39 is 5.97 Å². The molecule has 0 spiro atoms. The summed E-state index contributed by atoms with van der Waals surface area (Å²) in [6.07, 6.45) is 9.48. The molecule has 140 valence electrons. The van der Waals surface area contributed by atoms with Crippen molar-refractivity contribution in [1.82, 2.24) is 4.90 Å². The van der Waals surface area contributed by atoms with E-state index in [9.17, 15) is 9.90 Å². The molecular weight excluding hydrogens is 300 g/mol. The standard InChI is InChI=1S/C20H38N2O2/c1-5-9-11-17(7-3)15-21-13-14-22(19(21)20(23)24)16-18(8-4)12-10-6-2/h17-18H,5-16H2,1-4H3. The van der Waals surface area contributed by atoms with Crippen LogP contribution in [0.5, 0.6) is 0 Å². The number of carboxylic acid groups (broad SMARTS) is 1. The molecule has 1 aliphatic rings. The van der Waals surface area contributed by atoms with Crippen LogP contribution >= 0.6 is 0 Å². The lowest BCUT2D eigenvalue weighted by Gasteiger charge is -2.21. The highest BCUT2D eigenvalue weighted by Gasteiger charge is 2.33. The second kappa shape index (κ2) is 11.5. The minimum atomic E-state index is -0.997. The summed E-state index contributed by atoms with van der Waals surface area (Å²) in [5.41, 5.74) is 0. The zero-order valence-corrected chi connectivity index (χ0v) is 16.4. The molecule has 4 nitrogen and oxygen atoms in total. The highest BCUT2D eigenvalue weighted by atomic mass is 16.4. The fourth-order valence-electron chi connectivity index (χ4n) is 3.72. The number of nitrogens with zero attached hydrogens (tertiary/aromatic N) is 2. The zero-order chi connectivity index (χ0) is 17.9. The maximum absolute atomic E-state index is 11.8. The molecule has 1 aliphatic heterocycles. The van der Waals surface area contributed by atoms with Crippen LogP contribution in [0.4, 0.5) is 0 Å². The van der Waals surface area contributed by atoms with Crippen LogP contribution < -0.4 is 5.11 Å². The summed E-state index contributed by atoms with van der Waals surface area (Å²) in [5, 5.41) is 11.8. The van der Waals surface area contributed by atoms with E-state index in [-0.39, 0.29) is 0 Å². The summed E-state index contributed by atoms with van der Waals surface area (Å²) in [5.74, 6) is 0.616. The van der Waals surface area contributed by atoms with Crippen LogP contribution in [0, 0.1) is 11.8 Å². The fourth-order valence-corrected chi connectivity index (χ4v) is 3.72. The summed E-state index contributed by atoms with van der Waals surface area (Å²) in [6, 6.07) is 0. The Morgan fingerprint density at radius 1 is 1.08 bits per heavy atom. The Hall–Kier alpha value is -1.06. The van der Waals surface area contributed by atoms with Gasteiger partial charge < -0.3 is 9.90 Å². The zero-order valence-electron chi connectivity index (χ0n) is 16.4. The van der Waals surface area contributed by atoms with Crippen LogP contribution in [0.1, 0.15) is 79.1 Å². The third-order valence-corrected chi connectivity index (χ3v) is 5.47. The van der Waals surface area contributed by atoms with Crippen molar-refractivity contribution in [2.45, 2.75) is 79.1 Å². The highest BCUT2D eigenvalue weighted by Crippen LogP contribution is 2.18. The van der Waals surface area contributed by atoms with Crippen molar-refractivity contribution in [3.05, 3.63) is 0 Å². The number of carbonyl (C=O) groups is 1. The number of carboxylic acids is 1. The Morgan fingerprint density at radius 2 is 1.67 bits per heavy atom. The summed E-state index contributed by atoms with van der Waals surface area (Å²) >= 11 is 0. The molecule has 0 aliphatic carbocycles. The van der Waals surface area contributed by atoms with Crippen LogP contribution in [-0.4, -0.2) is 47.5 Å². The van der Waals surface area contributed by atoms with Crippen molar-refractivity contribution in [3.8, 4) is 0 Å². The lowest BCUT2D eigenvalue weighted by atomic mass is 9.98. The third-order valence-electron chi connectivity index (χ3n) is 5.47. The van der Waals surface area contributed by atoms with Gasteiger partial charge in [0, 0.05) is 0 Å². The van der Waals surface area contributed by atoms with Crippen LogP contribution in [-0.2, 0) is 4.79 Å². The van der Waals surface area contributed by atoms with Gasteiger partial charge in [-0.25, -0.2) is 0 Å². The van der Waals surface area contributed by atoms with Crippen molar-refractivity contribution in [2.75, 3.05) is 26.2 Å². The summed E-state index contributed by atoms with van der Waals surface area (Å²) in [4.78, 5) is 13.8. The van der Waals surface area contributed by atoms with Crippen LogP contribution in [0.25, 0.3) is 0 Å². The Labute approximate surface area is 148 Å². The Balaban J connectivity index is 2.77. The maximum Gasteiger partial charge on any atom is 0.295 e. The molecule has 0 bridgehead atoms. The van der Waals surface area contributed by atoms with Crippen LogP contribution in [0.15, 0.2) is 0 Å². The van der Waals surface area contributed by atoms with E-state index in [2.05, 4.69) is 37.2 Å². The minimum Gasteiger partial charge on any atom is -0.538 e. The minimum absolute atomic E-state index is 0.444. The van der Waals surface area contributed by atoms with Crippen LogP contribution in [0.3, 0.4) is 0 Å². The van der Waals surface area contributed by atoms with Crippen molar-refractivity contribution < 1.29 is 14.5 Å². The molecule has 1 heterocycles. The monoisotopic (exact) mass is 338 g/mol. The quantitative estimate of drug-likeness (QED) is 0.485. The predicted molar refractivity (Wildman–Crippen MR) is 98.2 cm³/mol. The van der Waals surface area contributed by atoms with Crippen molar-refractivity contribution in [3.63, 3.8) is 0 Å². The second-order valence-corrected chi connectivity index (χ2v) is 7.34. The number of unbranched alkanes of at least 4 members (excludes halogenated alkanes) is 2. The first-order valence-corrected chi connectivity index (χ1v) is 10.1. The first-order chi connectivity index (χ1) is 11.6. The molecular formula is C20H38N2O2. The second-order valence-electron chi connectivity index (χ2n) is 7.34. The molecule has 0 saturated heterocycles. The van der Waals surface area contributed by atoms with Crippen molar-refractivity contribution >= 4 is 11.8 Å². The van der Waals surface area contributed by atoms with Gasteiger partial charge in [-0.3, -0.25) is 9.48 Å². The maximum atomic E-state index is 11.8. The van der Waals surface area contributed by atoms with Gasteiger partial charge in [-0.1, -0.05) is 53.4 Å². The van der Waals surface area contributed by atoms with Gasteiger partial charge in [0.05, 0.1) is 13.1 Å². The van der Waals surface area contributed by atoms with E-state index in [0.717, 1.165) is 39.0 Å². The lowest BCUT2D eigenvalue weighted by Crippen LogP contribution is -2.46. The number of amidine groups is 1. The number of carbonyl (C=O) groups excluding carboxylic acids is 1. The molecule has 1 rings (SSSR count). The summed E-state index contributed by atoms with van der Waals surface area (Å²) in [6.45, 7) is 12.2. The topological polar surface area (TPSA) is 46.4 Å². The molecule has 0 amide bonds. The highest BCUT2D eigenvalue weighted by molar-refractivity contribution is 6.31. The van der Waals surface area contributed by atoms with Gasteiger partial charge in [-0.2, -0.15) is 0 Å². The fraction of sp³-hybridized carbons (Fsp3) is 0.900. The molecule has 24 heavy (non-hydrogen) atoms. The normalized spacial score (nSPS) is 17.4. The van der Waals surface area contributed by atoms with E-state index in [1.54, 1.807) is 0 Å². The number of aliphatic carboxylic acids is 1. The molecule has 0 aromatic rings. The smallest absolute Gasteiger partial charge is 0.295 e. The average Bonchev–Trinajstić information content (AvgIpc) is 2.97.